The molecule has 0 saturated carbocycles. The van der Waals surface area contributed by atoms with Gasteiger partial charge in [-0.3, -0.25) is 4.79 Å². The molecule has 0 fully saturated rings. The van der Waals surface area contributed by atoms with E-state index in [1.807, 2.05) is 53.3 Å². The molecule has 0 unspecified atom stereocenters. The average molecular weight is 289 g/mol. The highest BCUT2D eigenvalue weighted by Gasteiger charge is 2.19. The topological polar surface area (TPSA) is 46.9 Å². The van der Waals surface area contributed by atoms with E-state index in [2.05, 4.69) is 23.4 Å². The molecule has 108 valence electrons. The summed E-state index contributed by atoms with van der Waals surface area (Å²) in [5, 5.41) is 7.37. The van der Waals surface area contributed by atoms with Gasteiger partial charge in [0, 0.05) is 16.9 Å². The molecule has 1 aromatic heterocycles. The number of nitrogens with zero attached hydrogens (tertiary/aromatic N) is 2. The van der Waals surface area contributed by atoms with Gasteiger partial charge < -0.3 is 5.32 Å². The Kier molecular flexibility index (Phi) is 2.82. The predicted octanol–water partition coefficient (Wildman–Crippen LogP) is 3.34. The minimum absolute atomic E-state index is 0.0591. The van der Waals surface area contributed by atoms with Gasteiger partial charge in [-0.15, -0.1) is 0 Å². The van der Waals surface area contributed by atoms with E-state index in [1.165, 1.54) is 0 Å². The van der Waals surface area contributed by atoms with Crippen LogP contribution in [0.15, 0.2) is 54.7 Å². The Balaban J connectivity index is 1.77. The van der Waals surface area contributed by atoms with Crippen molar-refractivity contribution >= 4 is 11.6 Å². The van der Waals surface area contributed by atoms with Gasteiger partial charge >= 0.3 is 0 Å². The van der Waals surface area contributed by atoms with Gasteiger partial charge in [0.1, 0.15) is 0 Å². The first-order valence-electron chi connectivity index (χ1n) is 7.25. The molecule has 4 heteroatoms. The van der Waals surface area contributed by atoms with Crippen molar-refractivity contribution in [2.45, 2.75) is 13.3 Å². The number of anilines is 1. The second-order valence-corrected chi connectivity index (χ2v) is 5.49. The van der Waals surface area contributed by atoms with Crippen LogP contribution in [0, 0.1) is 6.92 Å². The van der Waals surface area contributed by atoms with Crippen LogP contribution in [0.4, 0.5) is 5.69 Å². The summed E-state index contributed by atoms with van der Waals surface area (Å²) in [4.78, 5) is 11.5. The first kappa shape index (κ1) is 12.8. The van der Waals surface area contributed by atoms with E-state index in [1.54, 1.807) is 0 Å². The van der Waals surface area contributed by atoms with Crippen molar-refractivity contribution in [3.05, 3.63) is 66.0 Å². The fraction of sp³-hybridized carbons (Fsp3) is 0.111. The summed E-state index contributed by atoms with van der Waals surface area (Å²) in [6.45, 7) is 2.06. The minimum atomic E-state index is 0.0591. The molecule has 1 aliphatic rings. The third-order valence-electron chi connectivity index (χ3n) is 4.05. The highest BCUT2D eigenvalue weighted by atomic mass is 16.1. The van der Waals surface area contributed by atoms with Crippen LogP contribution in [-0.4, -0.2) is 15.7 Å². The maximum Gasteiger partial charge on any atom is 0.228 e. The van der Waals surface area contributed by atoms with Crippen LogP contribution in [0.2, 0.25) is 0 Å². The van der Waals surface area contributed by atoms with E-state index in [0.717, 1.165) is 33.8 Å². The maximum atomic E-state index is 11.5. The smallest absolute Gasteiger partial charge is 0.228 e. The zero-order valence-corrected chi connectivity index (χ0v) is 12.2. The Hall–Kier alpha value is -2.88. The summed E-state index contributed by atoms with van der Waals surface area (Å²) in [5.41, 5.74) is 6.28. The monoisotopic (exact) mass is 289 g/mol. The van der Waals surface area contributed by atoms with Crippen molar-refractivity contribution in [3.8, 4) is 16.8 Å². The number of nitrogens with one attached hydrogen (secondary N) is 1. The van der Waals surface area contributed by atoms with Crippen molar-refractivity contribution in [2.24, 2.45) is 0 Å². The van der Waals surface area contributed by atoms with Crippen LogP contribution in [0.3, 0.4) is 0 Å². The molecule has 1 N–H and O–H groups in total. The summed E-state index contributed by atoms with van der Waals surface area (Å²) < 4.78 is 1.94. The van der Waals surface area contributed by atoms with Crippen molar-refractivity contribution in [3.63, 3.8) is 0 Å². The quantitative estimate of drug-likeness (QED) is 0.786. The van der Waals surface area contributed by atoms with Crippen LogP contribution in [0.1, 0.15) is 11.3 Å². The number of carbonyl (C=O) groups is 1. The molecule has 0 radical (unpaired) electrons. The Labute approximate surface area is 128 Å². The van der Waals surface area contributed by atoms with E-state index in [9.17, 15) is 4.79 Å². The lowest BCUT2D eigenvalue weighted by atomic mass is 10.0. The van der Waals surface area contributed by atoms with Crippen LogP contribution in [0.25, 0.3) is 16.8 Å². The summed E-state index contributed by atoms with van der Waals surface area (Å²) in [5.74, 6) is 0.0591. The molecule has 0 saturated heterocycles. The van der Waals surface area contributed by atoms with E-state index >= 15 is 0 Å². The molecule has 3 aromatic rings. The lowest BCUT2D eigenvalue weighted by molar-refractivity contribution is -0.115. The van der Waals surface area contributed by atoms with Crippen molar-refractivity contribution in [1.82, 2.24) is 9.78 Å². The number of hydrogen-bond donors (Lipinski definition) is 1. The summed E-state index contributed by atoms with van der Waals surface area (Å²) in [6, 6.07) is 16.1. The molecule has 4 nitrogen and oxygen atoms in total. The molecule has 0 spiro atoms. The zero-order valence-electron chi connectivity index (χ0n) is 12.2. The zero-order chi connectivity index (χ0) is 15.1. The van der Waals surface area contributed by atoms with Crippen LogP contribution >= 0.6 is 0 Å². The van der Waals surface area contributed by atoms with Gasteiger partial charge in [-0.05, 0) is 42.3 Å². The average Bonchev–Trinajstić information content (AvgIpc) is 3.09. The number of amides is 1. The van der Waals surface area contributed by atoms with Crippen molar-refractivity contribution < 1.29 is 4.79 Å². The predicted molar refractivity (Wildman–Crippen MR) is 86.1 cm³/mol. The van der Waals surface area contributed by atoms with E-state index in [4.69, 9.17) is 0 Å². The molecule has 2 heterocycles. The summed E-state index contributed by atoms with van der Waals surface area (Å²) in [7, 11) is 0. The van der Waals surface area contributed by atoms with Crippen LogP contribution in [-0.2, 0) is 11.2 Å². The molecular weight excluding hydrogens is 274 g/mol. The number of aromatic nitrogens is 2. The Morgan fingerprint density at radius 1 is 1.14 bits per heavy atom. The fourth-order valence-corrected chi connectivity index (χ4v) is 2.92. The van der Waals surface area contributed by atoms with Crippen molar-refractivity contribution in [1.29, 1.82) is 0 Å². The van der Waals surface area contributed by atoms with Gasteiger partial charge in [0.25, 0.3) is 0 Å². The number of rotatable bonds is 2. The van der Waals surface area contributed by atoms with Gasteiger partial charge in [-0.2, -0.15) is 5.10 Å². The molecule has 1 aliphatic heterocycles. The van der Waals surface area contributed by atoms with Gasteiger partial charge in [0.2, 0.25) is 5.91 Å². The normalized spacial score (nSPS) is 13.0. The third kappa shape index (κ3) is 2.00. The standard InChI is InChI=1S/C18H15N3O/c1-12-16(11-19-21(12)15-5-3-2-4-6-15)13-7-8-17-14(9-13)10-18(22)20-17/h2-9,11H,10H2,1H3,(H,20,22). The Morgan fingerprint density at radius 2 is 1.95 bits per heavy atom. The molecule has 22 heavy (non-hydrogen) atoms. The van der Waals surface area contributed by atoms with Gasteiger partial charge in [0.05, 0.1) is 18.3 Å². The minimum Gasteiger partial charge on any atom is -0.326 e. The molecule has 0 aliphatic carbocycles. The molecule has 2 aromatic carbocycles. The number of para-hydroxylation sites is 1. The van der Waals surface area contributed by atoms with Crippen LogP contribution < -0.4 is 5.32 Å². The van der Waals surface area contributed by atoms with Crippen LogP contribution in [0.5, 0.6) is 0 Å². The molecule has 1 amide bonds. The third-order valence-corrected chi connectivity index (χ3v) is 4.05. The number of carbonyl (C=O) groups excluding carboxylic acids is 1. The highest BCUT2D eigenvalue weighted by molar-refractivity contribution is 5.99. The highest BCUT2D eigenvalue weighted by Crippen LogP contribution is 2.31. The lowest BCUT2D eigenvalue weighted by Crippen LogP contribution is -2.03. The second-order valence-electron chi connectivity index (χ2n) is 5.49. The lowest BCUT2D eigenvalue weighted by Gasteiger charge is -2.06. The van der Waals surface area contributed by atoms with E-state index < -0.39 is 0 Å². The summed E-state index contributed by atoms with van der Waals surface area (Å²) >= 11 is 0. The SMILES string of the molecule is Cc1c(-c2ccc3c(c2)CC(=O)N3)cnn1-c1ccccc1. The van der Waals surface area contributed by atoms with Gasteiger partial charge in [-0.25, -0.2) is 4.68 Å². The first-order chi connectivity index (χ1) is 10.7. The fourth-order valence-electron chi connectivity index (χ4n) is 2.92. The maximum absolute atomic E-state index is 11.5. The second kappa shape index (κ2) is 4.84. The molecule has 4 rings (SSSR count). The van der Waals surface area contributed by atoms with E-state index in [-0.39, 0.29) is 5.91 Å². The van der Waals surface area contributed by atoms with Gasteiger partial charge in [-0.1, -0.05) is 24.3 Å². The largest absolute Gasteiger partial charge is 0.326 e. The Morgan fingerprint density at radius 3 is 2.77 bits per heavy atom. The molecular formula is C18H15N3O. The Bertz CT molecular complexity index is 865. The van der Waals surface area contributed by atoms with Crippen molar-refractivity contribution in [2.75, 3.05) is 5.32 Å². The first-order valence-corrected chi connectivity index (χ1v) is 7.25. The number of fused-ring (bicyclic) bond motifs is 1. The number of hydrogen-bond acceptors (Lipinski definition) is 2. The molecule has 0 atom stereocenters. The number of benzene rings is 2. The molecule has 0 bridgehead atoms. The van der Waals surface area contributed by atoms with E-state index in [0.29, 0.717) is 6.42 Å². The van der Waals surface area contributed by atoms with Gasteiger partial charge in [0.15, 0.2) is 0 Å². The summed E-state index contributed by atoms with van der Waals surface area (Å²) in [6.07, 6.45) is 2.34.